The van der Waals surface area contributed by atoms with Crippen molar-refractivity contribution in [3.63, 3.8) is 0 Å². The van der Waals surface area contributed by atoms with E-state index in [1.54, 1.807) is 6.08 Å². The minimum absolute atomic E-state index is 0.782. The number of hydrogen-bond donors (Lipinski definition) is 0. The molecule has 0 saturated heterocycles. The van der Waals surface area contributed by atoms with Crippen molar-refractivity contribution in [2.24, 2.45) is 0 Å². The van der Waals surface area contributed by atoms with Crippen molar-refractivity contribution in [2.45, 2.75) is 6.92 Å². The molecule has 0 saturated carbocycles. The van der Waals surface area contributed by atoms with Gasteiger partial charge in [0.15, 0.2) is 0 Å². The van der Waals surface area contributed by atoms with E-state index in [-0.39, 0.29) is 0 Å². The number of allylic oxidation sites excluding steroid dienone is 1. The smallest absolute Gasteiger partial charge is 0.143 e. The largest absolute Gasteiger partial charge is 0.455 e. The standard InChI is InChI=1S/C55H40N2O/c1-3-14-50-51-22-13-21-47(55(51)58-54(50)4-2)41-29-35-45(36-30-41)56(43-31-25-39(26-32-43)38-15-6-5-7-16-38)44-33-27-40(28-34-44)42-17-12-18-46(37-42)57-52-23-10-8-19-48(52)49-20-9-11-24-53(49)57/h3-37H,2H2,1H3/b14-3-. The van der Waals surface area contributed by atoms with Crippen molar-refractivity contribution >= 4 is 62.0 Å². The first-order valence-corrected chi connectivity index (χ1v) is 19.7. The Bertz CT molecular complexity index is 3060. The number of aromatic nitrogens is 1. The molecular weight excluding hydrogens is 705 g/mol. The van der Waals surface area contributed by atoms with E-state index < -0.39 is 0 Å². The van der Waals surface area contributed by atoms with Gasteiger partial charge in [-0.2, -0.15) is 0 Å². The van der Waals surface area contributed by atoms with Gasteiger partial charge in [-0.1, -0.05) is 152 Å². The molecule has 2 aromatic heterocycles. The predicted octanol–water partition coefficient (Wildman–Crippen LogP) is 15.7. The molecule has 10 rings (SSSR count). The van der Waals surface area contributed by atoms with Crippen molar-refractivity contribution in [1.82, 2.24) is 4.57 Å². The molecule has 3 nitrogen and oxygen atoms in total. The maximum Gasteiger partial charge on any atom is 0.143 e. The van der Waals surface area contributed by atoms with E-state index in [0.29, 0.717) is 0 Å². The number of para-hydroxylation sites is 3. The van der Waals surface area contributed by atoms with Crippen LogP contribution in [-0.2, 0) is 0 Å². The highest BCUT2D eigenvalue weighted by molar-refractivity contribution is 6.09. The van der Waals surface area contributed by atoms with Gasteiger partial charge in [-0.3, -0.25) is 0 Å². The number of nitrogens with zero attached hydrogens (tertiary/aromatic N) is 2. The minimum atomic E-state index is 0.782. The van der Waals surface area contributed by atoms with Gasteiger partial charge in [0.05, 0.1) is 11.0 Å². The Balaban J connectivity index is 1.03. The highest BCUT2D eigenvalue weighted by atomic mass is 16.3. The molecule has 8 aromatic carbocycles. The van der Waals surface area contributed by atoms with Gasteiger partial charge in [-0.25, -0.2) is 0 Å². The maximum atomic E-state index is 6.38. The minimum Gasteiger partial charge on any atom is -0.455 e. The van der Waals surface area contributed by atoms with E-state index in [1.165, 1.54) is 38.5 Å². The SMILES string of the molecule is C=Cc1oc2c(-c3ccc(N(c4ccc(-c5ccccc5)cc4)c4ccc(-c5cccc(-n6c7ccccc7c7ccccc76)c5)cc4)cc3)cccc2c1/C=C\C. The van der Waals surface area contributed by atoms with Gasteiger partial charge >= 0.3 is 0 Å². The third kappa shape index (κ3) is 6.10. The monoisotopic (exact) mass is 744 g/mol. The first-order chi connectivity index (χ1) is 28.7. The molecule has 10 aromatic rings. The van der Waals surface area contributed by atoms with Crippen molar-refractivity contribution < 1.29 is 4.42 Å². The van der Waals surface area contributed by atoms with Gasteiger partial charge < -0.3 is 13.9 Å². The van der Waals surface area contributed by atoms with E-state index in [9.17, 15) is 0 Å². The molecule has 0 aliphatic carbocycles. The van der Waals surface area contributed by atoms with E-state index in [0.717, 1.165) is 61.7 Å². The predicted molar refractivity (Wildman–Crippen MR) is 246 cm³/mol. The Labute approximate surface area is 338 Å². The van der Waals surface area contributed by atoms with Crippen LogP contribution in [0.25, 0.3) is 84.0 Å². The number of hydrogen-bond acceptors (Lipinski definition) is 2. The molecule has 0 fully saturated rings. The van der Waals surface area contributed by atoms with Crippen molar-refractivity contribution in [3.05, 3.63) is 218 Å². The summed E-state index contributed by atoms with van der Waals surface area (Å²) >= 11 is 0. The molecule has 276 valence electrons. The molecule has 3 heteroatoms. The Morgan fingerprint density at radius 2 is 0.983 bits per heavy atom. The summed E-state index contributed by atoms with van der Waals surface area (Å²) in [5.74, 6) is 0.782. The van der Waals surface area contributed by atoms with Crippen LogP contribution in [-0.4, -0.2) is 4.57 Å². The summed E-state index contributed by atoms with van der Waals surface area (Å²) in [5.41, 5.74) is 15.5. The lowest BCUT2D eigenvalue weighted by atomic mass is 10.0. The quantitative estimate of drug-likeness (QED) is 0.147. The zero-order chi connectivity index (χ0) is 39.0. The second-order valence-electron chi connectivity index (χ2n) is 14.5. The molecule has 0 N–H and O–H groups in total. The molecule has 0 aliphatic rings. The zero-order valence-corrected chi connectivity index (χ0v) is 32.2. The molecule has 0 radical (unpaired) electrons. The van der Waals surface area contributed by atoms with Crippen LogP contribution in [0.2, 0.25) is 0 Å². The summed E-state index contributed by atoms with van der Waals surface area (Å²) in [6, 6.07) is 69.6. The lowest BCUT2D eigenvalue weighted by Crippen LogP contribution is -2.09. The highest BCUT2D eigenvalue weighted by Gasteiger charge is 2.18. The molecule has 2 heterocycles. The summed E-state index contributed by atoms with van der Waals surface area (Å²) in [7, 11) is 0. The Morgan fingerprint density at radius 1 is 0.483 bits per heavy atom. The second kappa shape index (κ2) is 14.8. The maximum absolute atomic E-state index is 6.38. The van der Waals surface area contributed by atoms with E-state index in [2.05, 4.69) is 216 Å². The molecule has 0 bridgehead atoms. The van der Waals surface area contributed by atoms with Crippen LogP contribution < -0.4 is 4.90 Å². The molecule has 0 atom stereocenters. The van der Waals surface area contributed by atoms with Crippen LogP contribution in [0.3, 0.4) is 0 Å². The molecule has 58 heavy (non-hydrogen) atoms. The van der Waals surface area contributed by atoms with Crippen molar-refractivity contribution in [1.29, 1.82) is 0 Å². The van der Waals surface area contributed by atoms with E-state index in [1.807, 2.05) is 13.0 Å². The van der Waals surface area contributed by atoms with Gasteiger partial charge in [-0.05, 0) is 101 Å². The second-order valence-corrected chi connectivity index (χ2v) is 14.5. The third-order valence-electron chi connectivity index (χ3n) is 11.1. The van der Waals surface area contributed by atoms with Gasteiger partial charge in [-0.15, -0.1) is 0 Å². The summed E-state index contributed by atoms with van der Waals surface area (Å²) in [6.45, 7) is 6.03. The summed E-state index contributed by atoms with van der Waals surface area (Å²) in [6.07, 6.45) is 5.91. The lowest BCUT2D eigenvalue weighted by Gasteiger charge is -2.26. The third-order valence-corrected chi connectivity index (χ3v) is 11.1. The van der Waals surface area contributed by atoms with Crippen molar-refractivity contribution in [3.8, 4) is 39.1 Å². The lowest BCUT2D eigenvalue weighted by molar-refractivity contribution is 0.604. The Morgan fingerprint density at radius 3 is 1.59 bits per heavy atom. The number of furan rings is 1. The fraction of sp³-hybridized carbons (Fsp3) is 0.0182. The van der Waals surface area contributed by atoms with Crippen molar-refractivity contribution in [2.75, 3.05) is 4.90 Å². The fourth-order valence-electron chi connectivity index (χ4n) is 8.37. The van der Waals surface area contributed by atoms with Gasteiger partial charge in [0, 0.05) is 50.0 Å². The molecule has 0 spiro atoms. The van der Waals surface area contributed by atoms with Crippen LogP contribution in [0.4, 0.5) is 17.1 Å². The highest BCUT2D eigenvalue weighted by Crippen LogP contribution is 2.40. The Hall–Kier alpha value is -7.62. The fourth-order valence-corrected chi connectivity index (χ4v) is 8.37. The number of fused-ring (bicyclic) bond motifs is 4. The zero-order valence-electron chi connectivity index (χ0n) is 32.2. The van der Waals surface area contributed by atoms with Gasteiger partial charge in [0.25, 0.3) is 0 Å². The molecule has 0 amide bonds. The first kappa shape index (κ1) is 34.8. The normalized spacial score (nSPS) is 11.5. The topological polar surface area (TPSA) is 21.3 Å². The van der Waals surface area contributed by atoms with Crippen LogP contribution in [0.1, 0.15) is 18.2 Å². The summed E-state index contributed by atoms with van der Waals surface area (Å²) in [4.78, 5) is 2.32. The van der Waals surface area contributed by atoms with Gasteiger partial charge in [0.2, 0.25) is 0 Å². The first-order valence-electron chi connectivity index (χ1n) is 19.7. The summed E-state index contributed by atoms with van der Waals surface area (Å²) in [5, 5.41) is 3.60. The van der Waals surface area contributed by atoms with Crippen LogP contribution in [0, 0.1) is 0 Å². The average molecular weight is 745 g/mol. The Kier molecular flexibility index (Phi) is 8.89. The van der Waals surface area contributed by atoms with Gasteiger partial charge in [0.1, 0.15) is 11.3 Å². The number of benzene rings is 8. The number of anilines is 3. The van der Waals surface area contributed by atoms with Crippen LogP contribution in [0.15, 0.2) is 211 Å². The number of rotatable bonds is 9. The molecular formula is C55H40N2O. The average Bonchev–Trinajstić information content (AvgIpc) is 3.83. The van der Waals surface area contributed by atoms with E-state index in [4.69, 9.17) is 4.42 Å². The van der Waals surface area contributed by atoms with Crippen LogP contribution >= 0.6 is 0 Å². The van der Waals surface area contributed by atoms with Crippen LogP contribution in [0.5, 0.6) is 0 Å². The van der Waals surface area contributed by atoms with E-state index >= 15 is 0 Å². The molecule has 0 aliphatic heterocycles. The summed E-state index contributed by atoms with van der Waals surface area (Å²) < 4.78 is 8.76. The molecule has 0 unspecified atom stereocenters.